The fourth-order valence-electron chi connectivity index (χ4n) is 4.28. The van der Waals surface area contributed by atoms with Crippen molar-refractivity contribution in [1.82, 2.24) is 19.5 Å². The van der Waals surface area contributed by atoms with Gasteiger partial charge in [-0.1, -0.05) is 0 Å². The molecule has 4 rings (SSSR count). The summed E-state index contributed by atoms with van der Waals surface area (Å²) < 4.78 is 30.0. The summed E-state index contributed by atoms with van der Waals surface area (Å²) in [7, 11) is -3.73. The van der Waals surface area contributed by atoms with Crippen LogP contribution in [0.3, 0.4) is 0 Å². The standard InChI is InChI=1S/C16H23ClN5O6P/c1-3-26-29(25,27-4-2)28-6-16-5-8(16)10(11(23)12(16)24)22-7-19-9-13(18)20-15(17)21-14(9)22/h7-8,10-12,23-24H,3-6H2,1-2H3,(H2,18,20,21)/t8-,10-,11+,12+,16+/m1/s1. The van der Waals surface area contributed by atoms with E-state index in [4.69, 9.17) is 30.9 Å². The van der Waals surface area contributed by atoms with Gasteiger partial charge < -0.3 is 20.5 Å². The molecule has 13 heteroatoms. The second-order valence-corrected chi connectivity index (χ2v) is 9.24. The largest absolute Gasteiger partial charge is 0.474 e. The summed E-state index contributed by atoms with van der Waals surface area (Å²) in [5.41, 5.74) is 5.82. The molecule has 0 bridgehead atoms. The summed E-state index contributed by atoms with van der Waals surface area (Å²) in [6.45, 7) is 3.60. The highest BCUT2D eigenvalue weighted by Crippen LogP contribution is 2.69. The van der Waals surface area contributed by atoms with Crippen LogP contribution in [0.1, 0.15) is 26.3 Å². The van der Waals surface area contributed by atoms with Crippen LogP contribution in [0.5, 0.6) is 0 Å². The number of nitrogens with two attached hydrogens (primary N) is 1. The quantitative estimate of drug-likeness (QED) is 0.400. The van der Waals surface area contributed by atoms with Crippen molar-refractivity contribution in [3.8, 4) is 0 Å². The van der Waals surface area contributed by atoms with Gasteiger partial charge in [0.1, 0.15) is 11.6 Å². The normalized spacial score (nSPS) is 31.3. The Hall–Kier alpha value is -1.33. The third-order valence-corrected chi connectivity index (χ3v) is 7.42. The summed E-state index contributed by atoms with van der Waals surface area (Å²) in [6.07, 6.45) is -0.153. The number of aromatic nitrogens is 4. The second-order valence-electron chi connectivity index (χ2n) is 7.23. The zero-order valence-corrected chi connectivity index (χ0v) is 17.6. The van der Waals surface area contributed by atoms with Crippen LogP contribution in [-0.4, -0.2) is 61.8 Å². The first-order chi connectivity index (χ1) is 13.8. The van der Waals surface area contributed by atoms with Crippen LogP contribution in [0.25, 0.3) is 11.2 Å². The van der Waals surface area contributed by atoms with Crippen molar-refractivity contribution < 1.29 is 28.3 Å². The average Bonchev–Trinajstić information content (AvgIpc) is 3.16. The van der Waals surface area contributed by atoms with Gasteiger partial charge in [0.25, 0.3) is 0 Å². The number of nitrogens with zero attached hydrogens (tertiary/aromatic N) is 4. The van der Waals surface area contributed by atoms with Gasteiger partial charge in [0.2, 0.25) is 5.28 Å². The molecule has 4 N–H and O–H groups in total. The van der Waals surface area contributed by atoms with Crippen molar-refractivity contribution in [2.45, 2.75) is 38.5 Å². The average molecular weight is 448 g/mol. The number of imidazole rings is 1. The Morgan fingerprint density at radius 1 is 1.31 bits per heavy atom. The van der Waals surface area contributed by atoms with E-state index < -0.39 is 31.5 Å². The minimum atomic E-state index is -3.73. The SMILES string of the molecule is CCOP(=O)(OCC)OC[C@@]12C[C@@H]1[C@@H](n1cnc3c(N)nc(Cl)nc31)[C@H](O)[C@@H]2O. The van der Waals surface area contributed by atoms with Crippen LogP contribution in [0.4, 0.5) is 5.82 Å². The predicted molar refractivity (Wildman–Crippen MR) is 103 cm³/mol. The van der Waals surface area contributed by atoms with E-state index in [1.165, 1.54) is 6.33 Å². The predicted octanol–water partition coefficient (Wildman–Crippen LogP) is 1.54. The van der Waals surface area contributed by atoms with Crippen molar-refractivity contribution in [3.63, 3.8) is 0 Å². The first kappa shape index (κ1) is 20.9. The Kier molecular flexibility index (Phi) is 5.35. The van der Waals surface area contributed by atoms with Gasteiger partial charge in [-0.3, -0.25) is 13.6 Å². The number of hydrogen-bond acceptors (Lipinski definition) is 10. The molecule has 5 atom stereocenters. The number of phosphoric acid groups is 1. The van der Waals surface area contributed by atoms with Crippen LogP contribution in [0.2, 0.25) is 5.28 Å². The van der Waals surface area contributed by atoms with Crippen molar-refractivity contribution in [2.75, 3.05) is 25.6 Å². The number of aliphatic hydroxyl groups is 2. The van der Waals surface area contributed by atoms with E-state index in [0.717, 1.165) is 0 Å². The highest BCUT2D eigenvalue weighted by molar-refractivity contribution is 7.48. The number of anilines is 1. The number of nitrogen functional groups attached to an aromatic ring is 1. The fraction of sp³-hybridized carbons (Fsp3) is 0.688. The molecule has 0 amide bonds. The van der Waals surface area contributed by atoms with Gasteiger partial charge in [-0.15, -0.1) is 0 Å². The lowest BCUT2D eigenvalue weighted by molar-refractivity contribution is -0.0315. The van der Waals surface area contributed by atoms with E-state index >= 15 is 0 Å². The summed E-state index contributed by atoms with van der Waals surface area (Å²) in [5, 5.41) is 21.4. The highest BCUT2D eigenvalue weighted by atomic mass is 35.5. The number of hydrogen-bond donors (Lipinski definition) is 3. The molecule has 2 saturated carbocycles. The van der Waals surface area contributed by atoms with Crippen LogP contribution >= 0.6 is 19.4 Å². The maximum Gasteiger partial charge on any atom is 0.474 e. The molecule has 2 aliphatic rings. The van der Waals surface area contributed by atoms with Crippen molar-refractivity contribution in [1.29, 1.82) is 0 Å². The molecule has 2 heterocycles. The summed E-state index contributed by atoms with van der Waals surface area (Å²) in [6, 6.07) is -0.525. The van der Waals surface area contributed by atoms with Crippen LogP contribution in [0.15, 0.2) is 6.33 Å². The lowest BCUT2D eigenvalue weighted by Crippen LogP contribution is -2.36. The van der Waals surface area contributed by atoms with Gasteiger partial charge in [-0.2, -0.15) is 9.97 Å². The molecular formula is C16H23ClN5O6P. The van der Waals surface area contributed by atoms with Gasteiger partial charge in [0.05, 0.1) is 38.3 Å². The van der Waals surface area contributed by atoms with Crippen molar-refractivity contribution >= 4 is 36.4 Å². The van der Waals surface area contributed by atoms with E-state index in [0.29, 0.717) is 17.6 Å². The van der Waals surface area contributed by atoms with Gasteiger partial charge in [0.15, 0.2) is 11.5 Å². The Labute approximate surface area is 171 Å². The molecule has 160 valence electrons. The molecular weight excluding hydrogens is 425 g/mol. The van der Waals surface area contributed by atoms with Gasteiger partial charge in [-0.25, -0.2) is 9.55 Å². The molecule has 0 unspecified atom stereocenters. The van der Waals surface area contributed by atoms with Crippen molar-refractivity contribution in [2.24, 2.45) is 11.3 Å². The Morgan fingerprint density at radius 3 is 2.66 bits per heavy atom. The van der Waals surface area contributed by atoms with E-state index in [-0.39, 0.29) is 36.8 Å². The first-order valence-electron chi connectivity index (χ1n) is 9.31. The molecule has 0 radical (unpaired) electrons. The van der Waals surface area contributed by atoms with Gasteiger partial charge >= 0.3 is 7.82 Å². The minimum absolute atomic E-state index is 0.0375. The minimum Gasteiger partial charge on any atom is -0.390 e. The van der Waals surface area contributed by atoms with E-state index in [9.17, 15) is 14.8 Å². The maximum atomic E-state index is 12.6. The highest BCUT2D eigenvalue weighted by Gasteiger charge is 2.72. The zero-order chi connectivity index (χ0) is 21.0. The van der Waals surface area contributed by atoms with E-state index in [2.05, 4.69) is 15.0 Å². The summed E-state index contributed by atoms with van der Waals surface area (Å²) in [5.74, 6) is -0.0249. The monoisotopic (exact) mass is 447 g/mol. The van der Waals surface area contributed by atoms with E-state index in [1.54, 1.807) is 18.4 Å². The van der Waals surface area contributed by atoms with E-state index in [1.807, 2.05) is 0 Å². The molecule has 0 saturated heterocycles. The molecule has 2 fully saturated rings. The Bertz CT molecular complexity index is 965. The lowest BCUT2D eigenvalue weighted by atomic mass is 10.0. The second kappa shape index (κ2) is 7.42. The van der Waals surface area contributed by atoms with Crippen LogP contribution in [-0.2, 0) is 18.1 Å². The molecule has 2 aromatic heterocycles. The number of aliphatic hydroxyl groups excluding tert-OH is 2. The number of fused-ring (bicyclic) bond motifs is 2. The topological polar surface area (TPSA) is 155 Å². The van der Waals surface area contributed by atoms with Crippen LogP contribution < -0.4 is 5.73 Å². The third-order valence-electron chi connectivity index (χ3n) is 5.66. The van der Waals surface area contributed by atoms with Gasteiger partial charge in [-0.05, 0) is 37.8 Å². The summed E-state index contributed by atoms with van der Waals surface area (Å²) >= 11 is 5.92. The van der Waals surface area contributed by atoms with Gasteiger partial charge in [0, 0.05) is 5.41 Å². The zero-order valence-electron chi connectivity index (χ0n) is 15.9. The van der Waals surface area contributed by atoms with Crippen LogP contribution in [0, 0.1) is 11.3 Å². The van der Waals surface area contributed by atoms with Crippen molar-refractivity contribution in [3.05, 3.63) is 11.6 Å². The molecule has 0 aromatic carbocycles. The molecule has 0 spiro atoms. The smallest absolute Gasteiger partial charge is 0.390 e. The molecule has 11 nitrogen and oxygen atoms in total. The maximum absolute atomic E-state index is 12.6. The summed E-state index contributed by atoms with van der Waals surface area (Å²) in [4.78, 5) is 12.3. The lowest BCUT2D eigenvalue weighted by Gasteiger charge is -2.25. The Morgan fingerprint density at radius 2 is 2.00 bits per heavy atom. The molecule has 0 aliphatic heterocycles. The first-order valence-corrected chi connectivity index (χ1v) is 11.2. The molecule has 2 aliphatic carbocycles. The molecule has 29 heavy (non-hydrogen) atoms. The number of rotatable bonds is 8. The Balaban J connectivity index is 1.60. The molecule has 2 aromatic rings. The fourth-order valence-corrected chi connectivity index (χ4v) is 5.71. The number of phosphoric ester groups is 1. The third kappa shape index (κ3) is 3.34. The number of halogens is 1.